The molecule has 0 saturated carbocycles. The number of hydrogen-bond donors (Lipinski definition) is 2. The third-order valence-corrected chi connectivity index (χ3v) is 2.57. The van der Waals surface area contributed by atoms with Crippen LogP contribution in [-0.4, -0.2) is 20.4 Å². The van der Waals surface area contributed by atoms with Crippen LogP contribution in [0.25, 0.3) is 11.0 Å². The van der Waals surface area contributed by atoms with Crippen LogP contribution in [0.5, 0.6) is 0 Å². The SMILES string of the molecule is CS(=O)Cc1nc2ccc(N)cc2[nH]1. The average molecular weight is 209 g/mol. The number of benzene rings is 1. The Hall–Kier alpha value is -1.36. The topological polar surface area (TPSA) is 71.8 Å². The third kappa shape index (κ3) is 1.77. The van der Waals surface area contributed by atoms with Crippen LogP contribution in [0, 0.1) is 0 Å². The van der Waals surface area contributed by atoms with Gasteiger partial charge in [-0.15, -0.1) is 0 Å². The summed E-state index contributed by atoms with van der Waals surface area (Å²) in [6, 6.07) is 5.48. The number of rotatable bonds is 2. The van der Waals surface area contributed by atoms with E-state index in [0.29, 0.717) is 11.4 Å². The van der Waals surface area contributed by atoms with Crippen molar-refractivity contribution in [1.82, 2.24) is 9.97 Å². The lowest BCUT2D eigenvalue weighted by molar-refractivity contribution is 0.685. The van der Waals surface area contributed by atoms with Crippen LogP contribution >= 0.6 is 0 Å². The number of nitrogen functional groups attached to an aromatic ring is 1. The minimum atomic E-state index is -0.874. The molecule has 1 unspecified atom stereocenters. The van der Waals surface area contributed by atoms with E-state index in [-0.39, 0.29) is 0 Å². The minimum absolute atomic E-state index is 0.453. The van der Waals surface area contributed by atoms with Gasteiger partial charge in [-0.25, -0.2) is 4.98 Å². The lowest BCUT2D eigenvalue weighted by atomic mass is 10.3. The Bertz CT molecular complexity index is 492. The number of aromatic amines is 1. The zero-order valence-corrected chi connectivity index (χ0v) is 8.60. The second kappa shape index (κ2) is 3.42. The monoisotopic (exact) mass is 209 g/mol. The van der Waals surface area contributed by atoms with E-state index in [4.69, 9.17) is 5.73 Å². The van der Waals surface area contributed by atoms with Gasteiger partial charge in [-0.2, -0.15) is 0 Å². The Kier molecular flexibility index (Phi) is 2.25. The predicted molar refractivity (Wildman–Crippen MR) is 58.3 cm³/mol. The number of fused-ring (bicyclic) bond motifs is 1. The third-order valence-electron chi connectivity index (χ3n) is 1.89. The van der Waals surface area contributed by atoms with Crippen LogP contribution in [0.1, 0.15) is 5.82 Å². The molecule has 1 aromatic heterocycles. The zero-order chi connectivity index (χ0) is 10.1. The van der Waals surface area contributed by atoms with Gasteiger partial charge in [-0.05, 0) is 18.2 Å². The first-order valence-electron chi connectivity index (χ1n) is 4.19. The van der Waals surface area contributed by atoms with Crippen LogP contribution in [0.15, 0.2) is 18.2 Å². The molecule has 3 N–H and O–H groups in total. The Morgan fingerprint density at radius 1 is 1.57 bits per heavy atom. The van der Waals surface area contributed by atoms with Crippen molar-refractivity contribution >= 4 is 27.5 Å². The molecule has 74 valence electrons. The molecule has 5 heteroatoms. The average Bonchev–Trinajstić information content (AvgIpc) is 2.44. The summed E-state index contributed by atoms with van der Waals surface area (Å²) in [5, 5.41) is 0. The lowest BCUT2D eigenvalue weighted by Gasteiger charge is -1.90. The van der Waals surface area contributed by atoms with E-state index in [1.165, 1.54) is 0 Å². The van der Waals surface area contributed by atoms with Crippen molar-refractivity contribution in [3.05, 3.63) is 24.0 Å². The molecule has 0 amide bonds. The first-order valence-corrected chi connectivity index (χ1v) is 5.92. The van der Waals surface area contributed by atoms with Gasteiger partial charge < -0.3 is 10.7 Å². The van der Waals surface area contributed by atoms with Gasteiger partial charge in [0.15, 0.2) is 0 Å². The number of H-pyrrole nitrogens is 1. The summed E-state index contributed by atoms with van der Waals surface area (Å²) in [4.78, 5) is 7.37. The fourth-order valence-corrected chi connectivity index (χ4v) is 1.86. The molecule has 14 heavy (non-hydrogen) atoms. The molecule has 1 atom stereocenters. The highest BCUT2D eigenvalue weighted by Gasteiger charge is 2.03. The molecule has 2 aromatic rings. The number of nitrogens with zero attached hydrogens (tertiary/aromatic N) is 1. The molecule has 4 nitrogen and oxygen atoms in total. The summed E-state index contributed by atoms with van der Waals surface area (Å²) in [6.07, 6.45) is 1.65. The van der Waals surface area contributed by atoms with Gasteiger partial charge in [0.1, 0.15) is 5.82 Å². The summed E-state index contributed by atoms with van der Waals surface area (Å²) in [5.74, 6) is 1.20. The van der Waals surface area contributed by atoms with Crippen LogP contribution in [0.3, 0.4) is 0 Å². The Morgan fingerprint density at radius 3 is 3.07 bits per heavy atom. The molecule has 0 radical (unpaired) electrons. The van der Waals surface area contributed by atoms with E-state index in [0.717, 1.165) is 16.9 Å². The number of nitrogens with two attached hydrogens (primary N) is 1. The van der Waals surface area contributed by atoms with Gasteiger partial charge >= 0.3 is 0 Å². The standard InChI is InChI=1S/C9H11N3OS/c1-14(13)5-9-11-7-3-2-6(10)4-8(7)12-9/h2-4H,5,10H2,1H3,(H,11,12). The molecule has 0 aliphatic rings. The molecular formula is C9H11N3OS. The largest absolute Gasteiger partial charge is 0.399 e. The van der Waals surface area contributed by atoms with Crippen molar-refractivity contribution in [1.29, 1.82) is 0 Å². The van der Waals surface area contributed by atoms with E-state index in [1.54, 1.807) is 12.3 Å². The van der Waals surface area contributed by atoms with Crippen molar-refractivity contribution in [3.63, 3.8) is 0 Å². The number of imidazole rings is 1. The van der Waals surface area contributed by atoms with E-state index in [1.807, 2.05) is 12.1 Å². The van der Waals surface area contributed by atoms with Crippen molar-refractivity contribution in [2.45, 2.75) is 5.75 Å². The number of nitrogens with one attached hydrogen (secondary N) is 1. The van der Waals surface area contributed by atoms with E-state index in [9.17, 15) is 4.21 Å². The second-order valence-electron chi connectivity index (χ2n) is 3.18. The summed E-state index contributed by atoms with van der Waals surface area (Å²) >= 11 is 0. The second-order valence-corrected chi connectivity index (χ2v) is 4.61. The first-order chi connectivity index (χ1) is 6.65. The molecule has 0 bridgehead atoms. The summed E-state index contributed by atoms with van der Waals surface area (Å²) in [6.45, 7) is 0. The summed E-state index contributed by atoms with van der Waals surface area (Å²) < 4.78 is 11.0. The molecule has 2 rings (SSSR count). The molecule has 0 aliphatic carbocycles. The van der Waals surface area contributed by atoms with Crippen LogP contribution in [0.4, 0.5) is 5.69 Å². The molecule has 0 fully saturated rings. The molecule has 1 heterocycles. The van der Waals surface area contributed by atoms with Gasteiger partial charge in [-0.1, -0.05) is 0 Å². The quantitative estimate of drug-likeness (QED) is 0.725. The lowest BCUT2D eigenvalue weighted by Crippen LogP contribution is -1.93. The van der Waals surface area contributed by atoms with Crippen molar-refractivity contribution < 1.29 is 4.21 Å². The molecular weight excluding hydrogens is 198 g/mol. The molecule has 1 aromatic carbocycles. The predicted octanol–water partition coefficient (Wildman–Crippen LogP) is 1.02. The Balaban J connectivity index is 2.46. The van der Waals surface area contributed by atoms with Crippen LogP contribution in [-0.2, 0) is 16.6 Å². The van der Waals surface area contributed by atoms with Gasteiger partial charge in [-0.3, -0.25) is 4.21 Å². The number of hydrogen-bond acceptors (Lipinski definition) is 3. The van der Waals surface area contributed by atoms with Crippen LogP contribution in [0.2, 0.25) is 0 Å². The minimum Gasteiger partial charge on any atom is -0.399 e. The zero-order valence-electron chi connectivity index (χ0n) is 7.78. The molecule has 0 spiro atoms. The maximum Gasteiger partial charge on any atom is 0.119 e. The molecule has 0 aliphatic heterocycles. The highest BCUT2D eigenvalue weighted by atomic mass is 32.2. The Labute approximate surface area is 84.0 Å². The highest BCUT2D eigenvalue weighted by molar-refractivity contribution is 7.83. The van der Waals surface area contributed by atoms with Gasteiger partial charge in [0, 0.05) is 22.7 Å². The normalized spacial score (nSPS) is 13.2. The summed E-state index contributed by atoms with van der Waals surface area (Å²) in [7, 11) is -0.874. The first kappa shape index (κ1) is 9.21. The Morgan fingerprint density at radius 2 is 2.36 bits per heavy atom. The summed E-state index contributed by atoms with van der Waals surface area (Å²) in [5.41, 5.74) is 8.08. The maximum absolute atomic E-state index is 11.0. The number of anilines is 1. The maximum atomic E-state index is 11.0. The van der Waals surface area contributed by atoms with Crippen LogP contribution < -0.4 is 5.73 Å². The van der Waals surface area contributed by atoms with Crippen molar-refractivity contribution in [2.75, 3.05) is 12.0 Å². The number of aromatic nitrogens is 2. The van der Waals surface area contributed by atoms with E-state index < -0.39 is 10.8 Å². The van der Waals surface area contributed by atoms with Crippen molar-refractivity contribution in [3.8, 4) is 0 Å². The van der Waals surface area contributed by atoms with E-state index >= 15 is 0 Å². The fraction of sp³-hybridized carbons (Fsp3) is 0.222. The highest BCUT2D eigenvalue weighted by Crippen LogP contribution is 2.15. The molecule has 0 saturated heterocycles. The van der Waals surface area contributed by atoms with E-state index in [2.05, 4.69) is 9.97 Å². The fourth-order valence-electron chi connectivity index (χ4n) is 1.34. The smallest absolute Gasteiger partial charge is 0.119 e. The van der Waals surface area contributed by atoms with Crippen molar-refractivity contribution in [2.24, 2.45) is 0 Å². The van der Waals surface area contributed by atoms with Gasteiger partial charge in [0.25, 0.3) is 0 Å². The van der Waals surface area contributed by atoms with Gasteiger partial charge in [0.2, 0.25) is 0 Å². The van der Waals surface area contributed by atoms with Gasteiger partial charge in [0.05, 0.1) is 16.8 Å².